The zero-order valence-corrected chi connectivity index (χ0v) is 16.5. The predicted molar refractivity (Wildman–Crippen MR) is 100 cm³/mol. The molecule has 1 unspecified atom stereocenters. The van der Waals surface area contributed by atoms with Crippen LogP contribution in [-0.2, 0) is 0 Å². The van der Waals surface area contributed by atoms with E-state index in [-0.39, 0.29) is 27.6 Å². The molecule has 2 aromatic carbocycles. The first-order valence-electron chi connectivity index (χ1n) is 7.95. The first kappa shape index (κ1) is 22.8. The summed E-state index contributed by atoms with van der Waals surface area (Å²) in [7, 11) is 0. The number of nitrogens with one attached hydrogen (secondary N) is 2. The average Bonchev–Trinajstić information content (AvgIpc) is 2.58. The fraction of sp³-hybridized carbons (Fsp3) is 0.222. The van der Waals surface area contributed by atoms with Crippen LogP contribution in [0.15, 0.2) is 30.3 Å². The first-order chi connectivity index (χ1) is 13.4. The van der Waals surface area contributed by atoms with E-state index in [9.17, 15) is 27.2 Å². The highest BCUT2D eigenvalue weighted by Gasteiger charge is 2.42. The number of urea groups is 1. The Balaban J connectivity index is 2.15. The van der Waals surface area contributed by atoms with Crippen LogP contribution in [0.1, 0.15) is 21.5 Å². The van der Waals surface area contributed by atoms with Crippen molar-refractivity contribution < 1.29 is 31.9 Å². The van der Waals surface area contributed by atoms with Gasteiger partial charge in [0.05, 0.1) is 10.6 Å². The number of halogens is 6. The van der Waals surface area contributed by atoms with Gasteiger partial charge in [-0.25, -0.2) is 13.6 Å². The van der Waals surface area contributed by atoms with E-state index in [1.807, 2.05) is 5.32 Å². The Morgan fingerprint density at radius 2 is 1.83 bits per heavy atom. The van der Waals surface area contributed by atoms with Gasteiger partial charge in [0.25, 0.3) is 11.5 Å². The van der Waals surface area contributed by atoms with Gasteiger partial charge in [-0.05, 0) is 49.2 Å². The molecule has 0 bridgehead atoms. The highest BCUT2D eigenvalue weighted by Crippen LogP contribution is 2.33. The monoisotopic (exact) mass is 452 g/mol. The number of hydrogen-bond donors (Lipinski definition) is 2. The maximum absolute atomic E-state index is 13.7. The SMILES string of the molecule is Cc1cc(OC(F)(F)C(F)Cl)c(C)cc1NC(=O)NC(=O)c1c(F)cccc1Cl. The number of imide groups is 1. The third-order valence-corrected chi connectivity index (χ3v) is 4.26. The van der Waals surface area contributed by atoms with Gasteiger partial charge < -0.3 is 10.1 Å². The Kier molecular flexibility index (Phi) is 6.97. The summed E-state index contributed by atoms with van der Waals surface area (Å²) in [6.07, 6.45) is -4.25. The third kappa shape index (κ3) is 5.51. The van der Waals surface area contributed by atoms with E-state index < -0.39 is 35.1 Å². The lowest BCUT2D eigenvalue weighted by atomic mass is 10.1. The minimum Gasteiger partial charge on any atom is -0.429 e. The average molecular weight is 453 g/mol. The summed E-state index contributed by atoms with van der Waals surface area (Å²) in [6.45, 7) is 2.82. The smallest absolute Gasteiger partial charge is 0.429 e. The first-order valence-corrected chi connectivity index (χ1v) is 8.76. The molecule has 2 N–H and O–H groups in total. The Morgan fingerprint density at radius 3 is 2.41 bits per heavy atom. The Bertz CT molecular complexity index is 935. The number of benzene rings is 2. The number of carbonyl (C=O) groups is 2. The van der Waals surface area contributed by atoms with Crippen molar-refractivity contribution in [3.8, 4) is 5.75 Å². The largest absolute Gasteiger partial charge is 0.444 e. The molecule has 0 saturated carbocycles. The molecule has 156 valence electrons. The molecule has 3 amide bonds. The lowest BCUT2D eigenvalue weighted by Crippen LogP contribution is -2.35. The molecule has 0 heterocycles. The molecule has 1 atom stereocenters. The van der Waals surface area contributed by atoms with Crippen molar-refractivity contribution in [2.24, 2.45) is 0 Å². The standard InChI is InChI=1S/C18H14Cl2F4N2O3/c1-8-7-13(29-18(23,24)16(20)22)9(2)6-12(8)25-17(28)26-15(27)14-10(19)4-3-5-11(14)21/h3-7,16H,1-2H3,(H2,25,26,27,28). The molecule has 0 saturated heterocycles. The highest BCUT2D eigenvalue weighted by molar-refractivity contribution is 6.34. The predicted octanol–water partition coefficient (Wildman–Crippen LogP) is 5.56. The van der Waals surface area contributed by atoms with Crippen LogP contribution < -0.4 is 15.4 Å². The number of anilines is 1. The van der Waals surface area contributed by atoms with Crippen molar-refractivity contribution >= 4 is 40.8 Å². The maximum atomic E-state index is 13.7. The van der Waals surface area contributed by atoms with Crippen LogP contribution in [0, 0.1) is 19.7 Å². The van der Waals surface area contributed by atoms with E-state index in [1.54, 1.807) is 0 Å². The second-order valence-corrected chi connectivity index (χ2v) is 6.69. The van der Waals surface area contributed by atoms with Crippen LogP contribution >= 0.6 is 23.2 Å². The Labute approximate surface area is 172 Å². The van der Waals surface area contributed by atoms with E-state index in [4.69, 9.17) is 23.2 Å². The lowest BCUT2D eigenvalue weighted by molar-refractivity contribution is -0.199. The zero-order valence-electron chi connectivity index (χ0n) is 15.0. The summed E-state index contributed by atoms with van der Waals surface area (Å²) in [5.74, 6) is -2.34. The van der Waals surface area contributed by atoms with Crippen LogP contribution in [0.4, 0.5) is 28.0 Å². The van der Waals surface area contributed by atoms with Crippen molar-refractivity contribution in [3.63, 3.8) is 0 Å². The van der Waals surface area contributed by atoms with Crippen molar-refractivity contribution in [3.05, 3.63) is 57.9 Å². The number of ether oxygens (including phenoxy) is 1. The summed E-state index contributed by atoms with van der Waals surface area (Å²) in [5, 5.41) is 4.05. The van der Waals surface area contributed by atoms with E-state index in [0.717, 1.165) is 12.1 Å². The van der Waals surface area contributed by atoms with Crippen molar-refractivity contribution in [1.82, 2.24) is 5.32 Å². The van der Waals surface area contributed by atoms with Crippen LogP contribution in [0.3, 0.4) is 0 Å². The fourth-order valence-corrected chi connectivity index (χ4v) is 2.55. The molecule has 5 nitrogen and oxygen atoms in total. The Morgan fingerprint density at radius 1 is 1.17 bits per heavy atom. The van der Waals surface area contributed by atoms with Crippen LogP contribution in [0.25, 0.3) is 0 Å². The van der Waals surface area contributed by atoms with Gasteiger partial charge in [-0.15, -0.1) is 0 Å². The second kappa shape index (κ2) is 8.87. The molecular formula is C18H14Cl2F4N2O3. The molecule has 0 aromatic heterocycles. The molecule has 29 heavy (non-hydrogen) atoms. The normalized spacial score (nSPS) is 12.3. The summed E-state index contributed by atoms with van der Waals surface area (Å²) < 4.78 is 57.4. The van der Waals surface area contributed by atoms with Crippen LogP contribution in [0.5, 0.6) is 5.75 Å². The molecule has 0 aliphatic rings. The minimum atomic E-state index is -4.25. The lowest BCUT2D eigenvalue weighted by Gasteiger charge is -2.20. The quantitative estimate of drug-likeness (QED) is 0.460. The van der Waals surface area contributed by atoms with E-state index >= 15 is 0 Å². The number of alkyl halides is 4. The summed E-state index contributed by atoms with van der Waals surface area (Å²) >= 11 is 10.5. The second-order valence-electron chi connectivity index (χ2n) is 5.90. The summed E-state index contributed by atoms with van der Waals surface area (Å²) in [5.41, 5.74) is -3.03. The van der Waals surface area contributed by atoms with E-state index in [0.29, 0.717) is 0 Å². The molecule has 11 heteroatoms. The molecule has 2 rings (SSSR count). The van der Waals surface area contributed by atoms with Gasteiger partial charge in [0, 0.05) is 5.69 Å². The number of hydrogen-bond acceptors (Lipinski definition) is 3. The topological polar surface area (TPSA) is 67.4 Å². The molecule has 0 aliphatic heterocycles. The fourth-order valence-electron chi connectivity index (χ4n) is 2.26. The van der Waals surface area contributed by atoms with Crippen LogP contribution in [0.2, 0.25) is 5.02 Å². The van der Waals surface area contributed by atoms with Crippen molar-refractivity contribution in [2.45, 2.75) is 25.6 Å². The highest BCUT2D eigenvalue weighted by atomic mass is 35.5. The van der Waals surface area contributed by atoms with E-state index in [2.05, 4.69) is 10.1 Å². The van der Waals surface area contributed by atoms with Crippen molar-refractivity contribution in [2.75, 3.05) is 5.32 Å². The molecular weight excluding hydrogens is 439 g/mol. The third-order valence-electron chi connectivity index (χ3n) is 3.69. The van der Waals surface area contributed by atoms with Gasteiger partial charge in [0.15, 0.2) is 0 Å². The van der Waals surface area contributed by atoms with Gasteiger partial charge >= 0.3 is 12.1 Å². The Hall–Kier alpha value is -2.52. The van der Waals surface area contributed by atoms with Crippen molar-refractivity contribution in [1.29, 1.82) is 0 Å². The van der Waals surface area contributed by atoms with Gasteiger partial charge in [-0.2, -0.15) is 8.78 Å². The van der Waals surface area contributed by atoms with E-state index in [1.165, 1.54) is 32.0 Å². The van der Waals surface area contributed by atoms with Crippen LogP contribution in [-0.4, -0.2) is 23.7 Å². The molecule has 0 aliphatic carbocycles. The molecule has 2 aromatic rings. The maximum Gasteiger partial charge on any atom is 0.444 e. The molecule has 0 radical (unpaired) electrons. The summed E-state index contributed by atoms with van der Waals surface area (Å²) in [6, 6.07) is 4.96. The van der Waals surface area contributed by atoms with Gasteiger partial charge in [-0.1, -0.05) is 29.3 Å². The van der Waals surface area contributed by atoms with Gasteiger partial charge in [0.1, 0.15) is 11.6 Å². The van der Waals surface area contributed by atoms with Gasteiger partial charge in [0.2, 0.25) is 0 Å². The number of aryl methyl sites for hydroxylation is 2. The summed E-state index contributed by atoms with van der Waals surface area (Å²) in [4.78, 5) is 24.1. The zero-order chi connectivity index (χ0) is 21.9. The number of rotatable bonds is 5. The number of carbonyl (C=O) groups excluding carboxylic acids is 2. The van der Waals surface area contributed by atoms with Gasteiger partial charge in [-0.3, -0.25) is 10.1 Å². The molecule has 0 fully saturated rings. The number of amides is 3. The molecule has 0 spiro atoms. The minimum absolute atomic E-state index is 0.131.